The molecule has 0 atom stereocenters. The fourth-order valence-electron chi connectivity index (χ4n) is 0.181. The molecule has 1 aliphatic carbocycles. The van der Waals surface area contributed by atoms with Crippen LogP contribution in [0.1, 0.15) is 19.8 Å². The fraction of sp³-hybridized carbons (Fsp3) is 1.00. The van der Waals surface area contributed by atoms with Crippen LogP contribution in [0.4, 0.5) is 0 Å². The molecule has 0 aromatic rings. The third kappa shape index (κ3) is 2.19. The molecule has 0 unspecified atom stereocenters. The second-order valence-corrected chi connectivity index (χ2v) is 2.00. The molecule has 6 heavy (non-hydrogen) atoms. The molecule has 0 aromatic carbocycles. The van der Waals surface area contributed by atoms with E-state index in [1.54, 1.807) is 0 Å². The maximum absolute atomic E-state index is 8.63. The van der Waals surface area contributed by atoms with Crippen molar-refractivity contribution < 1.29 is 5.11 Å². The van der Waals surface area contributed by atoms with Gasteiger partial charge in [0, 0.05) is 0 Å². The Labute approximate surface area is 60.0 Å². The maximum atomic E-state index is 8.63. The van der Waals surface area contributed by atoms with Crippen molar-refractivity contribution in [3.8, 4) is 0 Å². The van der Waals surface area contributed by atoms with E-state index in [9.17, 15) is 0 Å². The van der Waals surface area contributed by atoms with Gasteiger partial charge in [-0.05, 0) is 19.8 Å². The first-order valence-corrected chi connectivity index (χ1v) is 1.93. The molecule has 0 radical (unpaired) electrons. The van der Waals surface area contributed by atoms with Gasteiger partial charge in [0.05, 0.1) is 5.60 Å². The zero-order valence-corrected chi connectivity index (χ0v) is 3.36. The number of hydrogen-bond donors (Lipinski definition) is 1. The van der Waals surface area contributed by atoms with Gasteiger partial charge in [-0.1, -0.05) is 0 Å². The Morgan fingerprint density at radius 3 is 1.67 bits per heavy atom. The number of hydrogen-bond acceptors (Lipinski definition) is 1. The minimum atomic E-state index is -0.250. The molecule has 1 N–H and O–H groups in total. The summed E-state index contributed by atoms with van der Waals surface area (Å²) < 4.78 is 0. The normalized spacial score (nSPS) is 25.0. The summed E-state index contributed by atoms with van der Waals surface area (Å²) in [6.07, 6.45) is 2.01. The number of rotatable bonds is 0. The average Bonchev–Trinajstić information content (AvgIpc) is 1.76. The van der Waals surface area contributed by atoms with E-state index in [0.29, 0.717) is 0 Å². The molecule has 0 saturated heterocycles. The van der Waals surface area contributed by atoms with Crippen LogP contribution in [0.15, 0.2) is 0 Å². The standard InChI is InChI=1S/C4H8O.Na.H/c1-4(5)2-3-4;;/h5H,2-3H2,1H3;;. The summed E-state index contributed by atoms with van der Waals surface area (Å²) in [5, 5.41) is 8.63. The van der Waals surface area contributed by atoms with Gasteiger partial charge in [-0.2, -0.15) is 0 Å². The van der Waals surface area contributed by atoms with E-state index in [-0.39, 0.29) is 35.2 Å². The van der Waals surface area contributed by atoms with E-state index < -0.39 is 0 Å². The van der Waals surface area contributed by atoms with Crippen LogP contribution in [0.25, 0.3) is 0 Å². The molecular formula is C4H9NaO. The molecular weight excluding hydrogens is 87.0 g/mol. The summed E-state index contributed by atoms with van der Waals surface area (Å²) in [7, 11) is 0. The summed E-state index contributed by atoms with van der Waals surface area (Å²) in [6, 6.07) is 0. The molecule has 1 fully saturated rings. The molecule has 32 valence electrons. The van der Waals surface area contributed by atoms with Crippen LogP contribution >= 0.6 is 0 Å². The molecule has 1 saturated carbocycles. The summed E-state index contributed by atoms with van der Waals surface area (Å²) in [6.45, 7) is 1.85. The molecule has 0 heterocycles. The molecule has 1 aliphatic rings. The third-order valence-corrected chi connectivity index (χ3v) is 0.974. The first-order chi connectivity index (χ1) is 2.21. The summed E-state index contributed by atoms with van der Waals surface area (Å²) in [4.78, 5) is 0. The molecule has 1 rings (SSSR count). The Bertz CT molecular complexity index is 45.5. The Morgan fingerprint density at radius 2 is 1.67 bits per heavy atom. The first-order valence-electron chi connectivity index (χ1n) is 1.93. The SMILES string of the molecule is CC1(O)CC1.[NaH]. The van der Waals surface area contributed by atoms with E-state index in [4.69, 9.17) is 5.11 Å². The fourth-order valence-corrected chi connectivity index (χ4v) is 0.181. The van der Waals surface area contributed by atoms with Gasteiger partial charge in [0.2, 0.25) is 0 Å². The van der Waals surface area contributed by atoms with Gasteiger partial charge in [-0.25, -0.2) is 0 Å². The summed E-state index contributed by atoms with van der Waals surface area (Å²) in [5.41, 5.74) is -0.250. The predicted octanol–water partition coefficient (Wildman–Crippen LogP) is -0.117. The van der Waals surface area contributed by atoms with Crippen molar-refractivity contribution in [3.05, 3.63) is 0 Å². The van der Waals surface area contributed by atoms with Crippen molar-refractivity contribution in [2.75, 3.05) is 0 Å². The quantitative estimate of drug-likeness (QED) is 0.417. The third-order valence-electron chi connectivity index (χ3n) is 0.974. The summed E-state index contributed by atoms with van der Waals surface area (Å²) in [5.74, 6) is 0. The van der Waals surface area contributed by atoms with Crippen LogP contribution in [0.5, 0.6) is 0 Å². The van der Waals surface area contributed by atoms with Crippen LogP contribution in [0.3, 0.4) is 0 Å². The van der Waals surface area contributed by atoms with Gasteiger partial charge in [-0.15, -0.1) is 0 Å². The molecule has 1 nitrogen and oxygen atoms in total. The van der Waals surface area contributed by atoms with Crippen LogP contribution < -0.4 is 0 Å². The van der Waals surface area contributed by atoms with Gasteiger partial charge < -0.3 is 5.11 Å². The molecule has 0 aliphatic heterocycles. The Balaban J connectivity index is 0.000000250. The first kappa shape index (κ1) is 6.96. The molecule has 0 aromatic heterocycles. The zero-order chi connectivity index (χ0) is 3.91. The van der Waals surface area contributed by atoms with E-state index in [2.05, 4.69) is 0 Å². The average molecular weight is 96.1 g/mol. The Hall–Kier alpha value is 0.960. The van der Waals surface area contributed by atoms with E-state index in [0.717, 1.165) is 12.8 Å². The van der Waals surface area contributed by atoms with Crippen LogP contribution in [0.2, 0.25) is 0 Å². The molecule has 0 amide bonds. The zero-order valence-electron chi connectivity index (χ0n) is 3.36. The second-order valence-electron chi connectivity index (χ2n) is 2.00. The monoisotopic (exact) mass is 96.1 g/mol. The Kier molecular flexibility index (Phi) is 2.12. The minimum absolute atomic E-state index is 0. The Morgan fingerprint density at radius 1 is 1.50 bits per heavy atom. The second kappa shape index (κ2) is 1.83. The van der Waals surface area contributed by atoms with Gasteiger partial charge in [-0.3, -0.25) is 0 Å². The van der Waals surface area contributed by atoms with E-state index in [1.165, 1.54) is 0 Å². The van der Waals surface area contributed by atoms with Crippen LogP contribution in [-0.4, -0.2) is 40.3 Å². The van der Waals surface area contributed by atoms with Crippen molar-refractivity contribution in [3.63, 3.8) is 0 Å². The van der Waals surface area contributed by atoms with Crippen LogP contribution in [-0.2, 0) is 0 Å². The molecule has 0 spiro atoms. The van der Waals surface area contributed by atoms with E-state index in [1.807, 2.05) is 6.92 Å². The topological polar surface area (TPSA) is 20.2 Å². The molecule has 2 heteroatoms. The van der Waals surface area contributed by atoms with Crippen molar-refractivity contribution in [2.45, 2.75) is 25.4 Å². The van der Waals surface area contributed by atoms with Crippen molar-refractivity contribution in [1.82, 2.24) is 0 Å². The van der Waals surface area contributed by atoms with Crippen molar-refractivity contribution >= 4 is 29.6 Å². The summed E-state index contributed by atoms with van der Waals surface area (Å²) >= 11 is 0. The van der Waals surface area contributed by atoms with Crippen LogP contribution in [0, 0.1) is 0 Å². The van der Waals surface area contributed by atoms with Gasteiger partial charge in [0.15, 0.2) is 0 Å². The number of aliphatic hydroxyl groups is 1. The predicted molar refractivity (Wildman–Crippen MR) is 27.0 cm³/mol. The van der Waals surface area contributed by atoms with E-state index >= 15 is 0 Å². The van der Waals surface area contributed by atoms with Gasteiger partial charge >= 0.3 is 29.6 Å². The van der Waals surface area contributed by atoms with Crippen molar-refractivity contribution in [2.24, 2.45) is 0 Å². The van der Waals surface area contributed by atoms with Gasteiger partial charge in [0.1, 0.15) is 0 Å². The van der Waals surface area contributed by atoms with Gasteiger partial charge in [0.25, 0.3) is 0 Å². The van der Waals surface area contributed by atoms with Crippen molar-refractivity contribution in [1.29, 1.82) is 0 Å². The molecule has 0 bridgehead atoms.